The number of aromatic nitrogens is 3. The molecule has 0 atom stereocenters. The smallest absolute Gasteiger partial charge is 0.329 e. The second kappa shape index (κ2) is 6.48. The van der Waals surface area contributed by atoms with Crippen LogP contribution >= 0.6 is 27.5 Å². The highest BCUT2D eigenvalue weighted by Gasteiger charge is 2.15. The Labute approximate surface area is 132 Å². The maximum atomic E-state index is 13.6. The Morgan fingerprint density at radius 1 is 1.14 bits per heavy atom. The van der Waals surface area contributed by atoms with Crippen LogP contribution < -0.4 is 9.47 Å². The van der Waals surface area contributed by atoms with Gasteiger partial charge in [-0.25, -0.2) is 4.39 Å². The highest BCUT2D eigenvalue weighted by Crippen LogP contribution is 2.29. The molecule has 2 rings (SSSR count). The molecule has 0 aliphatic heterocycles. The first-order valence-electron chi connectivity index (χ1n) is 5.76. The van der Waals surface area contributed by atoms with Gasteiger partial charge in [0.05, 0.1) is 6.10 Å². The van der Waals surface area contributed by atoms with Gasteiger partial charge in [0.25, 0.3) is 0 Å². The van der Waals surface area contributed by atoms with Gasteiger partial charge in [-0.2, -0.15) is 14.4 Å². The summed E-state index contributed by atoms with van der Waals surface area (Å²) in [6.07, 6.45) is -0.198. The molecule has 2 aromatic rings. The molecule has 9 heteroatoms. The van der Waals surface area contributed by atoms with Gasteiger partial charge in [-0.1, -0.05) is 15.9 Å². The van der Waals surface area contributed by atoms with Crippen LogP contribution in [0.1, 0.15) is 13.8 Å². The van der Waals surface area contributed by atoms with Crippen molar-refractivity contribution in [1.29, 1.82) is 0 Å². The van der Waals surface area contributed by atoms with E-state index in [0.29, 0.717) is 4.47 Å². The van der Waals surface area contributed by atoms with Crippen LogP contribution in [-0.2, 0) is 0 Å². The van der Waals surface area contributed by atoms with Crippen molar-refractivity contribution in [3.63, 3.8) is 0 Å². The number of rotatable bonds is 4. The highest BCUT2D eigenvalue weighted by molar-refractivity contribution is 9.10. The fourth-order valence-electron chi connectivity index (χ4n) is 1.33. The lowest BCUT2D eigenvalue weighted by Gasteiger charge is -2.10. The van der Waals surface area contributed by atoms with Gasteiger partial charge in [0.15, 0.2) is 11.6 Å². The van der Waals surface area contributed by atoms with Crippen molar-refractivity contribution in [2.24, 2.45) is 0 Å². The van der Waals surface area contributed by atoms with E-state index in [2.05, 4.69) is 30.9 Å². The van der Waals surface area contributed by atoms with E-state index >= 15 is 0 Å². The summed E-state index contributed by atoms with van der Waals surface area (Å²) in [5, 5.41) is -0.188. The summed E-state index contributed by atoms with van der Waals surface area (Å²) in [6.45, 7) is 3.53. The zero-order valence-corrected chi connectivity index (χ0v) is 13.2. The Morgan fingerprint density at radius 3 is 2.48 bits per heavy atom. The molecule has 1 aromatic heterocycles. The average Bonchev–Trinajstić information content (AvgIpc) is 2.33. The SMILES string of the molecule is CC(C)Oc1nc(Cl)nc(Oc2cc(Br)cc(F)c2F)n1. The summed E-state index contributed by atoms with van der Waals surface area (Å²) >= 11 is 8.73. The van der Waals surface area contributed by atoms with Crippen molar-refractivity contribution in [1.82, 2.24) is 15.0 Å². The molecular formula is C12H9BrClF2N3O2. The van der Waals surface area contributed by atoms with Gasteiger partial charge in [0.1, 0.15) is 0 Å². The predicted octanol–water partition coefficient (Wildman–Crippen LogP) is 4.15. The summed E-state index contributed by atoms with van der Waals surface area (Å²) in [7, 11) is 0. The Morgan fingerprint density at radius 2 is 1.81 bits per heavy atom. The largest absolute Gasteiger partial charge is 0.461 e. The zero-order valence-electron chi connectivity index (χ0n) is 10.9. The summed E-state index contributed by atoms with van der Waals surface area (Å²) in [4.78, 5) is 11.2. The van der Waals surface area contributed by atoms with Crippen LogP contribution in [0, 0.1) is 11.6 Å². The van der Waals surface area contributed by atoms with Gasteiger partial charge in [0.2, 0.25) is 11.1 Å². The summed E-state index contributed by atoms with van der Waals surface area (Å²) in [5.74, 6) is -2.63. The molecule has 1 heterocycles. The first-order chi connectivity index (χ1) is 9.85. The van der Waals surface area contributed by atoms with Crippen molar-refractivity contribution >= 4 is 27.5 Å². The Bertz CT molecular complexity index is 673. The molecule has 0 unspecified atom stereocenters. The van der Waals surface area contributed by atoms with Crippen LogP contribution in [0.15, 0.2) is 16.6 Å². The standard InChI is InChI=1S/C12H9BrClF2N3O2/c1-5(2)20-11-17-10(14)18-12(19-11)21-8-4-6(13)3-7(15)9(8)16/h3-5H,1-2H3. The van der Waals surface area contributed by atoms with Crippen molar-refractivity contribution in [3.8, 4) is 17.8 Å². The number of halogens is 4. The van der Waals surface area contributed by atoms with Gasteiger partial charge >= 0.3 is 12.0 Å². The van der Waals surface area contributed by atoms with Crippen molar-refractivity contribution in [2.45, 2.75) is 20.0 Å². The summed E-state index contributed by atoms with van der Waals surface area (Å²) < 4.78 is 37.6. The molecule has 0 radical (unpaired) electrons. The summed E-state index contributed by atoms with van der Waals surface area (Å²) in [5.41, 5.74) is 0. The van der Waals surface area contributed by atoms with Crippen LogP contribution in [0.5, 0.6) is 17.8 Å². The Hall–Kier alpha value is -1.54. The number of hydrogen-bond acceptors (Lipinski definition) is 5. The van der Waals surface area contributed by atoms with Crippen LogP contribution in [-0.4, -0.2) is 21.1 Å². The molecule has 0 saturated heterocycles. The van der Waals surface area contributed by atoms with E-state index in [-0.39, 0.29) is 29.2 Å². The highest BCUT2D eigenvalue weighted by atomic mass is 79.9. The Balaban J connectivity index is 2.33. The van der Waals surface area contributed by atoms with Crippen LogP contribution in [0.3, 0.4) is 0 Å². The molecule has 0 saturated carbocycles. The average molecular weight is 381 g/mol. The normalized spacial score (nSPS) is 10.8. The molecule has 112 valence electrons. The number of hydrogen-bond donors (Lipinski definition) is 0. The first kappa shape index (κ1) is 15.8. The van der Waals surface area contributed by atoms with Crippen LogP contribution in [0.25, 0.3) is 0 Å². The third kappa shape index (κ3) is 4.21. The zero-order chi connectivity index (χ0) is 15.6. The van der Waals surface area contributed by atoms with E-state index in [1.165, 1.54) is 6.07 Å². The molecule has 5 nitrogen and oxygen atoms in total. The van der Waals surface area contributed by atoms with Gasteiger partial charge < -0.3 is 9.47 Å². The molecule has 1 aromatic carbocycles. The number of benzene rings is 1. The maximum absolute atomic E-state index is 13.6. The lowest BCUT2D eigenvalue weighted by Crippen LogP contribution is -2.09. The van der Waals surface area contributed by atoms with Gasteiger partial charge in [-0.3, -0.25) is 0 Å². The van der Waals surface area contributed by atoms with E-state index in [4.69, 9.17) is 21.1 Å². The fourth-order valence-corrected chi connectivity index (χ4v) is 1.88. The quantitative estimate of drug-likeness (QED) is 0.746. The lowest BCUT2D eigenvalue weighted by molar-refractivity contribution is 0.218. The minimum atomic E-state index is -1.17. The van der Waals surface area contributed by atoms with E-state index in [1.807, 2.05) is 0 Å². The van der Waals surface area contributed by atoms with Gasteiger partial charge in [-0.15, -0.1) is 4.98 Å². The van der Waals surface area contributed by atoms with Crippen molar-refractivity contribution in [3.05, 3.63) is 33.5 Å². The fraction of sp³-hybridized carbons (Fsp3) is 0.250. The van der Waals surface area contributed by atoms with E-state index in [0.717, 1.165) is 6.07 Å². The minimum absolute atomic E-state index is 0.0733. The van der Waals surface area contributed by atoms with Crippen LogP contribution in [0.4, 0.5) is 8.78 Å². The second-order valence-electron chi connectivity index (χ2n) is 4.14. The third-order valence-electron chi connectivity index (χ3n) is 2.07. The first-order valence-corrected chi connectivity index (χ1v) is 6.93. The molecule has 0 aliphatic rings. The number of nitrogens with zero attached hydrogens (tertiary/aromatic N) is 3. The van der Waals surface area contributed by atoms with Gasteiger partial charge in [-0.05, 0) is 37.6 Å². The molecular weight excluding hydrogens is 372 g/mol. The molecule has 0 aliphatic carbocycles. The molecule has 0 bridgehead atoms. The third-order valence-corrected chi connectivity index (χ3v) is 2.70. The predicted molar refractivity (Wildman–Crippen MR) is 74.7 cm³/mol. The second-order valence-corrected chi connectivity index (χ2v) is 5.39. The molecule has 0 fully saturated rings. The summed E-state index contributed by atoms with van der Waals surface area (Å²) in [6, 6.07) is 1.83. The van der Waals surface area contributed by atoms with Gasteiger partial charge in [0, 0.05) is 4.47 Å². The topological polar surface area (TPSA) is 57.1 Å². The van der Waals surface area contributed by atoms with E-state index in [1.54, 1.807) is 13.8 Å². The lowest BCUT2D eigenvalue weighted by atomic mass is 10.3. The Kier molecular flexibility index (Phi) is 4.89. The monoisotopic (exact) mass is 379 g/mol. The van der Waals surface area contributed by atoms with Crippen LogP contribution in [0.2, 0.25) is 5.28 Å². The van der Waals surface area contributed by atoms with Crippen molar-refractivity contribution < 1.29 is 18.3 Å². The molecule has 21 heavy (non-hydrogen) atoms. The molecule has 0 spiro atoms. The number of ether oxygens (including phenoxy) is 2. The van der Waals surface area contributed by atoms with E-state index in [9.17, 15) is 8.78 Å². The maximum Gasteiger partial charge on any atom is 0.329 e. The van der Waals surface area contributed by atoms with Crippen molar-refractivity contribution in [2.75, 3.05) is 0 Å². The van der Waals surface area contributed by atoms with E-state index < -0.39 is 11.6 Å². The minimum Gasteiger partial charge on any atom is -0.461 e. The molecule has 0 amide bonds. The molecule has 0 N–H and O–H groups in total.